The minimum atomic E-state index is -1.25. The number of carboxylic acids is 1. The number of aliphatic carboxylic acids is 1. The Balaban J connectivity index is 1.78. The van der Waals surface area contributed by atoms with Crippen LogP contribution in [0.1, 0.15) is 0 Å². The second-order valence-corrected chi connectivity index (χ2v) is 5.02. The van der Waals surface area contributed by atoms with Crippen molar-refractivity contribution in [3.05, 3.63) is 36.4 Å². The van der Waals surface area contributed by atoms with Gasteiger partial charge in [-0.2, -0.15) is 0 Å². The van der Waals surface area contributed by atoms with Crippen LogP contribution in [0.3, 0.4) is 0 Å². The molecular formula is C13H12N4O4S. The van der Waals surface area contributed by atoms with E-state index in [1.54, 1.807) is 0 Å². The van der Waals surface area contributed by atoms with Crippen molar-refractivity contribution in [2.75, 3.05) is 5.75 Å². The molecule has 22 heavy (non-hydrogen) atoms. The summed E-state index contributed by atoms with van der Waals surface area (Å²) in [5.41, 5.74) is 5.91. The molecule has 0 aliphatic heterocycles. The maximum atomic E-state index is 11.5. The fourth-order valence-electron chi connectivity index (χ4n) is 1.49. The molecule has 1 heterocycles. The third-order valence-electron chi connectivity index (χ3n) is 2.41. The van der Waals surface area contributed by atoms with Crippen LogP contribution in [-0.2, 0) is 14.4 Å². The highest BCUT2D eigenvalue weighted by Crippen LogP contribution is 2.18. The molecule has 0 fully saturated rings. The second kappa shape index (κ2) is 7.27. The molecule has 0 radical (unpaired) electrons. The molecule has 0 aliphatic carbocycles. The van der Waals surface area contributed by atoms with Crippen LogP contribution in [0.25, 0.3) is 11.0 Å². The normalized spacial score (nSPS) is 10.7. The molecule has 0 atom stereocenters. The van der Waals surface area contributed by atoms with Crippen LogP contribution < -0.4 is 10.9 Å². The van der Waals surface area contributed by atoms with Crippen LogP contribution in [0.15, 0.2) is 41.6 Å². The zero-order valence-corrected chi connectivity index (χ0v) is 12.0. The van der Waals surface area contributed by atoms with Crippen LogP contribution in [0.4, 0.5) is 0 Å². The third kappa shape index (κ3) is 4.63. The molecule has 0 bridgehead atoms. The Bertz CT molecular complexity index is 707. The first-order chi connectivity index (χ1) is 10.5. The molecule has 2 amide bonds. The maximum Gasteiger partial charge on any atom is 0.328 e. The van der Waals surface area contributed by atoms with Crippen LogP contribution in [0, 0.1) is 0 Å². The van der Waals surface area contributed by atoms with Gasteiger partial charge in [0.25, 0.3) is 5.91 Å². The van der Waals surface area contributed by atoms with Crippen molar-refractivity contribution in [2.24, 2.45) is 0 Å². The summed E-state index contributed by atoms with van der Waals surface area (Å²) in [5.74, 6) is -2.38. The third-order valence-corrected chi connectivity index (χ3v) is 3.28. The maximum absolute atomic E-state index is 11.5. The topological polar surface area (TPSA) is 124 Å². The smallest absolute Gasteiger partial charge is 0.328 e. The number of hydrazine groups is 1. The highest BCUT2D eigenvalue weighted by atomic mass is 32.2. The summed E-state index contributed by atoms with van der Waals surface area (Å²) in [6.07, 6.45) is 1.47. The van der Waals surface area contributed by atoms with Gasteiger partial charge in [-0.3, -0.25) is 20.4 Å². The highest BCUT2D eigenvalue weighted by Gasteiger charge is 2.07. The van der Waals surface area contributed by atoms with Crippen molar-refractivity contribution in [2.45, 2.75) is 5.16 Å². The molecule has 0 spiro atoms. The zero-order valence-electron chi connectivity index (χ0n) is 11.2. The van der Waals surface area contributed by atoms with E-state index in [0.717, 1.165) is 17.1 Å². The van der Waals surface area contributed by atoms with E-state index in [-0.39, 0.29) is 5.75 Å². The lowest BCUT2D eigenvalue weighted by molar-refractivity contribution is -0.131. The molecule has 0 saturated carbocycles. The number of imidazole rings is 1. The molecule has 9 heteroatoms. The SMILES string of the molecule is O=C(O)/C=C/C(=O)NNC(=O)CSc1nc2ccccc2[nH]1. The van der Waals surface area contributed by atoms with E-state index in [0.29, 0.717) is 11.2 Å². The van der Waals surface area contributed by atoms with E-state index < -0.39 is 17.8 Å². The lowest BCUT2D eigenvalue weighted by Crippen LogP contribution is -2.41. The number of carbonyl (C=O) groups is 3. The number of carbonyl (C=O) groups excluding carboxylic acids is 2. The monoisotopic (exact) mass is 320 g/mol. The molecule has 0 unspecified atom stereocenters. The summed E-state index contributed by atoms with van der Waals surface area (Å²) >= 11 is 1.18. The Morgan fingerprint density at radius 3 is 2.73 bits per heavy atom. The molecule has 2 aromatic rings. The highest BCUT2D eigenvalue weighted by molar-refractivity contribution is 7.99. The summed E-state index contributed by atoms with van der Waals surface area (Å²) in [5, 5.41) is 8.93. The Labute approximate surface area is 129 Å². The number of rotatable bonds is 5. The van der Waals surface area contributed by atoms with Gasteiger partial charge in [-0.25, -0.2) is 9.78 Å². The van der Waals surface area contributed by atoms with Gasteiger partial charge in [0.05, 0.1) is 16.8 Å². The summed E-state index contributed by atoms with van der Waals surface area (Å²) in [6.45, 7) is 0. The van der Waals surface area contributed by atoms with E-state index >= 15 is 0 Å². The molecule has 0 saturated heterocycles. The number of aromatic amines is 1. The molecule has 114 valence electrons. The number of carboxylic acid groups (broad SMARTS) is 1. The van der Waals surface area contributed by atoms with Crippen molar-refractivity contribution in [3.8, 4) is 0 Å². The average molecular weight is 320 g/mol. The Morgan fingerprint density at radius 1 is 1.23 bits per heavy atom. The fourth-order valence-corrected chi connectivity index (χ4v) is 2.17. The standard InChI is InChI=1S/C13H12N4O4S/c18-10(5-6-12(20)21)16-17-11(19)7-22-13-14-8-3-1-2-4-9(8)15-13/h1-6H,7H2,(H,14,15)(H,16,18)(H,17,19)(H,20,21)/b6-5+. The van der Waals surface area contributed by atoms with Crippen LogP contribution in [0.2, 0.25) is 0 Å². The van der Waals surface area contributed by atoms with Gasteiger partial charge in [-0.15, -0.1) is 0 Å². The van der Waals surface area contributed by atoms with E-state index in [1.165, 1.54) is 11.8 Å². The van der Waals surface area contributed by atoms with Crippen LogP contribution in [-0.4, -0.2) is 38.6 Å². The lowest BCUT2D eigenvalue weighted by atomic mass is 10.3. The number of H-pyrrole nitrogens is 1. The summed E-state index contributed by atoms with van der Waals surface area (Å²) in [4.78, 5) is 40.2. The second-order valence-electron chi connectivity index (χ2n) is 4.06. The number of fused-ring (bicyclic) bond motifs is 1. The van der Waals surface area contributed by atoms with Crippen molar-refractivity contribution in [1.29, 1.82) is 0 Å². The number of benzene rings is 1. The average Bonchev–Trinajstić information content (AvgIpc) is 2.91. The molecule has 2 rings (SSSR count). The van der Waals surface area contributed by atoms with Crippen LogP contribution in [0.5, 0.6) is 0 Å². The van der Waals surface area contributed by atoms with Crippen molar-refractivity contribution < 1.29 is 19.5 Å². The predicted octanol–water partition coefficient (Wildman–Crippen LogP) is 0.443. The number of nitrogens with one attached hydrogen (secondary N) is 3. The largest absolute Gasteiger partial charge is 0.478 e. The van der Waals surface area contributed by atoms with Gasteiger partial charge in [0.15, 0.2) is 5.16 Å². The first-order valence-corrected chi connectivity index (χ1v) is 7.10. The van der Waals surface area contributed by atoms with E-state index in [4.69, 9.17) is 5.11 Å². The predicted molar refractivity (Wildman–Crippen MR) is 79.9 cm³/mol. The fraction of sp³-hybridized carbons (Fsp3) is 0.0769. The number of hydrogen-bond donors (Lipinski definition) is 4. The zero-order chi connectivity index (χ0) is 15.9. The molecule has 1 aromatic heterocycles. The first kappa shape index (κ1) is 15.6. The Morgan fingerprint density at radius 2 is 2.00 bits per heavy atom. The molecule has 1 aromatic carbocycles. The number of hydrogen-bond acceptors (Lipinski definition) is 5. The quantitative estimate of drug-likeness (QED) is 0.360. The van der Waals surface area contributed by atoms with E-state index in [9.17, 15) is 14.4 Å². The van der Waals surface area contributed by atoms with Gasteiger partial charge >= 0.3 is 5.97 Å². The number of aromatic nitrogens is 2. The van der Waals surface area contributed by atoms with Gasteiger partial charge in [-0.1, -0.05) is 23.9 Å². The summed E-state index contributed by atoms with van der Waals surface area (Å²) in [7, 11) is 0. The first-order valence-electron chi connectivity index (χ1n) is 6.12. The number of amides is 2. The van der Waals surface area contributed by atoms with Gasteiger partial charge in [-0.05, 0) is 12.1 Å². The minimum Gasteiger partial charge on any atom is -0.478 e. The number of nitrogens with zero attached hydrogens (tertiary/aromatic N) is 1. The molecule has 4 N–H and O–H groups in total. The van der Waals surface area contributed by atoms with Gasteiger partial charge in [0.2, 0.25) is 5.91 Å². The van der Waals surface area contributed by atoms with Gasteiger partial charge < -0.3 is 10.1 Å². The van der Waals surface area contributed by atoms with Crippen molar-refractivity contribution in [3.63, 3.8) is 0 Å². The number of para-hydroxylation sites is 2. The van der Waals surface area contributed by atoms with Crippen molar-refractivity contribution in [1.82, 2.24) is 20.8 Å². The van der Waals surface area contributed by atoms with Crippen molar-refractivity contribution >= 4 is 40.6 Å². The molecular weight excluding hydrogens is 308 g/mol. The lowest BCUT2D eigenvalue weighted by Gasteiger charge is -2.03. The Hall–Kier alpha value is -2.81. The number of thioether (sulfide) groups is 1. The summed E-state index contributed by atoms with van der Waals surface area (Å²) < 4.78 is 0. The van der Waals surface area contributed by atoms with Crippen LogP contribution >= 0.6 is 11.8 Å². The molecule has 0 aliphatic rings. The van der Waals surface area contributed by atoms with E-state index in [2.05, 4.69) is 20.8 Å². The molecule has 8 nitrogen and oxygen atoms in total. The van der Waals surface area contributed by atoms with Gasteiger partial charge in [0, 0.05) is 12.2 Å². The van der Waals surface area contributed by atoms with Gasteiger partial charge in [0.1, 0.15) is 0 Å². The summed E-state index contributed by atoms with van der Waals surface area (Å²) in [6, 6.07) is 7.47. The Kier molecular flexibility index (Phi) is 5.15. The minimum absolute atomic E-state index is 0.0444. The van der Waals surface area contributed by atoms with E-state index in [1.807, 2.05) is 24.3 Å².